The van der Waals surface area contributed by atoms with Crippen molar-refractivity contribution in [3.05, 3.63) is 17.0 Å². The average molecular weight is 258 g/mol. The lowest BCUT2D eigenvalue weighted by molar-refractivity contribution is 0.278. The first-order valence-corrected chi connectivity index (χ1v) is 6.47. The highest BCUT2D eigenvalue weighted by Gasteiger charge is 2.12. The van der Waals surface area contributed by atoms with Gasteiger partial charge in [0.2, 0.25) is 0 Å². The molecule has 0 amide bonds. The van der Waals surface area contributed by atoms with Gasteiger partial charge in [-0.2, -0.15) is 0 Å². The summed E-state index contributed by atoms with van der Waals surface area (Å²) in [5.74, 6) is 0.798. The first-order valence-electron chi connectivity index (χ1n) is 6.09. The monoisotopic (exact) mass is 257 g/mol. The van der Waals surface area contributed by atoms with Crippen molar-refractivity contribution < 1.29 is 5.11 Å². The molecule has 0 aliphatic heterocycles. The van der Waals surface area contributed by atoms with Gasteiger partial charge in [0.15, 0.2) is 0 Å². The van der Waals surface area contributed by atoms with E-state index >= 15 is 0 Å². The van der Waals surface area contributed by atoms with Crippen LogP contribution in [0.3, 0.4) is 0 Å². The van der Waals surface area contributed by atoms with Crippen LogP contribution in [0.5, 0.6) is 0 Å². The number of aromatic nitrogens is 2. The lowest BCUT2D eigenvalue weighted by Gasteiger charge is -2.18. The van der Waals surface area contributed by atoms with E-state index in [1.807, 2.05) is 0 Å². The van der Waals surface area contributed by atoms with Crippen LogP contribution in [0.1, 0.15) is 38.7 Å². The minimum atomic E-state index is 0.174. The molecule has 0 saturated heterocycles. The van der Waals surface area contributed by atoms with Crippen LogP contribution in [0.2, 0.25) is 5.15 Å². The Morgan fingerprint density at radius 1 is 1.41 bits per heavy atom. The molecule has 0 saturated carbocycles. The van der Waals surface area contributed by atoms with Gasteiger partial charge in [-0.15, -0.1) is 0 Å². The number of rotatable bonds is 7. The third-order valence-electron chi connectivity index (χ3n) is 2.70. The van der Waals surface area contributed by atoms with Crippen LogP contribution < -0.4 is 5.32 Å². The standard InChI is InChI=1S/C12H20ClN3O/c1-3-5-10-11(13)14-8-15-12(10)16-9(4-2)6-7-17/h8-9,17H,3-7H2,1-2H3,(H,14,15,16). The normalized spacial score (nSPS) is 12.5. The summed E-state index contributed by atoms with van der Waals surface area (Å²) in [6.07, 6.45) is 4.98. The number of hydrogen-bond acceptors (Lipinski definition) is 4. The summed E-state index contributed by atoms with van der Waals surface area (Å²) in [6, 6.07) is 0.224. The molecule has 1 unspecified atom stereocenters. The zero-order valence-electron chi connectivity index (χ0n) is 10.4. The van der Waals surface area contributed by atoms with E-state index in [1.54, 1.807) is 0 Å². The third kappa shape index (κ3) is 4.13. The number of nitrogens with one attached hydrogen (secondary N) is 1. The minimum absolute atomic E-state index is 0.174. The highest BCUT2D eigenvalue weighted by atomic mass is 35.5. The first-order chi connectivity index (χ1) is 8.22. The lowest BCUT2D eigenvalue weighted by atomic mass is 10.1. The summed E-state index contributed by atoms with van der Waals surface area (Å²) in [4.78, 5) is 8.24. The van der Waals surface area contributed by atoms with Crippen molar-refractivity contribution >= 4 is 17.4 Å². The Balaban J connectivity index is 2.84. The minimum Gasteiger partial charge on any atom is -0.396 e. The maximum absolute atomic E-state index is 8.97. The van der Waals surface area contributed by atoms with Crippen molar-refractivity contribution in [2.24, 2.45) is 0 Å². The zero-order valence-corrected chi connectivity index (χ0v) is 11.2. The van der Waals surface area contributed by atoms with Crippen molar-refractivity contribution in [2.75, 3.05) is 11.9 Å². The molecule has 0 spiro atoms. The maximum atomic E-state index is 8.97. The summed E-state index contributed by atoms with van der Waals surface area (Å²) >= 11 is 6.07. The van der Waals surface area contributed by atoms with Crippen LogP contribution in [0, 0.1) is 0 Å². The predicted molar refractivity (Wildman–Crippen MR) is 70.4 cm³/mol. The van der Waals surface area contributed by atoms with Crippen molar-refractivity contribution in [3.8, 4) is 0 Å². The molecule has 1 aromatic rings. The maximum Gasteiger partial charge on any atom is 0.137 e. The molecule has 1 aromatic heterocycles. The molecule has 96 valence electrons. The molecule has 17 heavy (non-hydrogen) atoms. The number of halogens is 1. The van der Waals surface area contributed by atoms with Crippen LogP contribution in [0.4, 0.5) is 5.82 Å². The lowest BCUT2D eigenvalue weighted by Crippen LogP contribution is -2.21. The van der Waals surface area contributed by atoms with Gasteiger partial charge in [-0.3, -0.25) is 0 Å². The van der Waals surface area contributed by atoms with Crippen LogP contribution in [0.15, 0.2) is 6.33 Å². The highest BCUT2D eigenvalue weighted by Crippen LogP contribution is 2.22. The number of anilines is 1. The third-order valence-corrected chi connectivity index (χ3v) is 3.03. The van der Waals surface area contributed by atoms with Crippen LogP contribution in [-0.4, -0.2) is 27.7 Å². The largest absolute Gasteiger partial charge is 0.396 e. The summed E-state index contributed by atoms with van der Waals surface area (Å²) in [7, 11) is 0. The molecule has 0 radical (unpaired) electrons. The first kappa shape index (κ1) is 14.2. The van der Waals surface area contributed by atoms with Gasteiger partial charge in [0.1, 0.15) is 17.3 Å². The fourth-order valence-corrected chi connectivity index (χ4v) is 1.94. The van der Waals surface area contributed by atoms with Crippen LogP contribution >= 0.6 is 11.6 Å². The molecule has 0 aliphatic rings. The fourth-order valence-electron chi connectivity index (χ4n) is 1.71. The van der Waals surface area contributed by atoms with Gasteiger partial charge in [0.25, 0.3) is 0 Å². The predicted octanol–water partition coefficient (Wildman–Crippen LogP) is 2.66. The van der Waals surface area contributed by atoms with E-state index < -0.39 is 0 Å². The fraction of sp³-hybridized carbons (Fsp3) is 0.667. The van der Waals surface area contributed by atoms with Crippen molar-refractivity contribution in [1.29, 1.82) is 0 Å². The zero-order chi connectivity index (χ0) is 12.7. The Bertz CT molecular complexity index is 347. The highest BCUT2D eigenvalue weighted by molar-refractivity contribution is 6.30. The Kier molecular flexibility index (Phi) is 6.22. The second kappa shape index (κ2) is 7.45. The molecule has 2 N–H and O–H groups in total. The molecule has 1 atom stereocenters. The van der Waals surface area contributed by atoms with E-state index in [0.29, 0.717) is 11.6 Å². The molecule has 0 fully saturated rings. The topological polar surface area (TPSA) is 58.0 Å². The van der Waals surface area contributed by atoms with Gasteiger partial charge in [-0.05, 0) is 19.3 Å². The Morgan fingerprint density at radius 3 is 2.76 bits per heavy atom. The average Bonchev–Trinajstić information content (AvgIpc) is 2.33. The van der Waals surface area contributed by atoms with E-state index in [0.717, 1.165) is 30.6 Å². The molecular weight excluding hydrogens is 238 g/mol. The van der Waals surface area contributed by atoms with Gasteiger partial charge < -0.3 is 10.4 Å². The van der Waals surface area contributed by atoms with Gasteiger partial charge in [0.05, 0.1) is 0 Å². The quantitative estimate of drug-likeness (QED) is 0.738. The van der Waals surface area contributed by atoms with Crippen molar-refractivity contribution in [1.82, 2.24) is 9.97 Å². The molecular formula is C12H20ClN3O. The van der Waals surface area contributed by atoms with Gasteiger partial charge in [-0.1, -0.05) is 31.9 Å². The number of aliphatic hydroxyl groups excluding tert-OH is 1. The molecule has 0 aromatic carbocycles. The van der Waals surface area contributed by atoms with E-state index in [9.17, 15) is 0 Å². The molecule has 0 bridgehead atoms. The van der Waals surface area contributed by atoms with E-state index in [4.69, 9.17) is 16.7 Å². The number of hydrogen-bond donors (Lipinski definition) is 2. The van der Waals surface area contributed by atoms with Gasteiger partial charge in [0, 0.05) is 18.2 Å². The summed E-state index contributed by atoms with van der Waals surface area (Å²) < 4.78 is 0. The summed E-state index contributed by atoms with van der Waals surface area (Å²) in [5.41, 5.74) is 0.966. The molecule has 4 nitrogen and oxygen atoms in total. The van der Waals surface area contributed by atoms with E-state index in [1.165, 1.54) is 6.33 Å². The molecule has 1 rings (SSSR count). The van der Waals surface area contributed by atoms with Gasteiger partial charge in [-0.25, -0.2) is 9.97 Å². The Hall–Kier alpha value is -0.870. The van der Waals surface area contributed by atoms with Crippen LogP contribution in [-0.2, 0) is 6.42 Å². The number of aliphatic hydroxyl groups is 1. The second-order valence-corrected chi connectivity index (χ2v) is 4.36. The molecule has 1 heterocycles. The Morgan fingerprint density at radius 2 is 2.18 bits per heavy atom. The second-order valence-electron chi connectivity index (χ2n) is 4.00. The summed E-state index contributed by atoms with van der Waals surface area (Å²) in [5, 5.41) is 12.8. The van der Waals surface area contributed by atoms with E-state index in [-0.39, 0.29) is 12.6 Å². The Labute approximate surface area is 107 Å². The molecule has 5 heteroatoms. The van der Waals surface area contributed by atoms with Crippen molar-refractivity contribution in [2.45, 2.75) is 45.6 Å². The smallest absolute Gasteiger partial charge is 0.137 e. The molecule has 0 aliphatic carbocycles. The van der Waals surface area contributed by atoms with Crippen LogP contribution in [0.25, 0.3) is 0 Å². The van der Waals surface area contributed by atoms with Gasteiger partial charge >= 0.3 is 0 Å². The van der Waals surface area contributed by atoms with E-state index in [2.05, 4.69) is 29.1 Å². The SMILES string of the molecule is CCCc1c(Cl)ncnc1NC(CC)CCO. The summed E-state index contributed by atoms with van der Waals surface area (Å²) in [6.45, 7) is 4.35. The number of nitrogens with zero attached hydrogens (tertiary/aromatic N) is 2. The van der Waals surface area contributed by atoms with Crippen molar-refractivity contribution in [3.63, 3.8) is 0 Å².